The van der Waals surface area contributed by atoms with Crippen LogP contribution in [0.15, 0.2) is 39.6 Å². The van der Waals surface area contributed by atoms with Gasteiger partial charge in [0.2, 0.25) is 11.8 Å². The Kier molecular flexibility index (Phi) is 5.34. The number of allylic oxidation sites excluding steroid dienone is 2. The molecule has 27 heavy (non-hydrogen) atoms. The fourth-order valence-electron chi connectivity index (χ4n) is 3.42. The fourth-order valence-corrected chi connectivity index (χ4v) is 4.05. The van der Waals surface area contributed by atoms with Gasteiger partial charge < -0.3 is 9.32 Å². The monoisotopic (exact) mass is 383 g/mol. The van der Waals surface area contributed by atoms with Gasteiger partial charge in [0, 0.05) is 17.3 Å². The minimum absolute atomic E-state index is 0.154. The van der Waals surface area contributed by atoms with Gasteiger partial charge in [0.25, 0.3) is 5.22 Å². The topological polar surface area (TPSA) is 59.2 Å². The van der Waals surface area contributed by atoms with Crippen molar-refractivity contribution in [3.8, 4) is 11.5 Å². The van der Waals surface area contributed by atoms with Crippen LogP contribution in [0, 0.1) is 13.8 Å². The Balaban J connectivity index is 1.41. The summed E-state index contributed by atoms with van der Waals surface area (Å²) in [5, 5.41) is 8.70. The zero-order chi connectivity index (χ0) is 18.8. The van der Waals surface area contributed by atoms with Crippen LogP contribution in [0.3, 0.4) is 0 Å². The highest BCUT2D eigenvalue weighted by Crippen LogP contribution is 2.34. The van der Waals surface area contributed by atoms with Gasteiger partial charge in [-0.15, -0.1) is 10.2 Å². The lowest BCUT2D eigenvalue weighted by molar-refractivity contribution is -0.127. The number of nitrogens with zero attached hydrogens (tertiary/aromatic N) is 3. The molecule has 5 nitrogen and oxygen atoms in total. The van der Waals surface area contributed by atoms with Gasteiger partial charge in [-0.3, -0.25) is 4.79 Å². The lowest BCUT2D eigenvalue weighted by Crippen LogP contribution is -2.34. The van der Waals surface area contributed by atoms with Crippen LogP contribution < -0.4 is 0 Å². The maximum Gasteiger partial charge on any atom is 0.277 e. The van der Waals surface area contributed by atoms with Crippen LogP contribution in [0.1, 0.15) is 49.7 Å². The van der Waals surface area contributed by atoms with E-state index >= 15 is 0 Å². The number of rotatable bonds is 6. The van der Waals surface area contributed by atoms with Gasteiger partial charge in [0.1, 0.15) is 0 Å². The molecule has 1 amide bonds. The van der Waals surface area contributed by atoms with Gasteiger partial charge in [0.15, 0.2) is 0 Å². The van der Waals surface area contributed by atoms with E-state index in [1.54, 1.807) is 0 Å². The molecule has 0 saturated heterocycles. The van der Waals surface area contributed by atoms with Crippen molar-refractivity contribution in [3.05, 3.63) is 41.1 Å². The summed E-state index contributed by atoms with van der Waals surface area (Å²) < 4.78 is 5.77. The van der Waals surface area contributed by atoms with Crippen molar-refractivity contribution in [2.45, 2.75) is 63.6 Å². The number of amides is 1. The van der Waals surface area contributed by atoms with E-state index in [0.29, 0.717) is 22.9 Å². The van der Waals surface area contributed by atoms with Crippen LogP contribution in [-0.4, -0.2) is 32.8 Å². The fraction of sp³-hybridized carbons (Fsp3) is 0.476. The zero-order valence-electron chi connectivity index (χ0n) is 15.9. The minimum Gasteiger partial charge on any atom is -0.411 e. The molecule has 0 bridgehead atoms. The molecule has 1 aromatic heterocycles. The Hall–Kier alpha value is -2.08. The highest BCUT2D eigenvalue weighted by atomic mass is 32.2. The van der Waals surface area contributed by atoms with E-state index in [-0.39, 0.29) is 5.91 Å². The molecule has 4 rings (SSSR count). The first-order valence-electron chi connectivity index (χ1n) is 9.67. The van der Waals surface area contributed by atoms with Gasteiger partial charge in [-0.2, -0.15) is 0 Å². The van der Waals surface area contributed by atoms with Crippen molar-refractivity contribution < 1.29 is 9.21 Å². The summed E-state index contributed by atoms with van der Waals surface area (Å²) >= 11 is 1.33. The maximum absolute atomic E-state index is 12.8. The van der Waals surface area contributed by atoms with Crippen molar-refractivity contribution in [2.75, 3.05) is 5.75 Å². The Morgan fingerprint density at radius 1 is 1.22 bits per heavy atom. The van der Waals surface area contributed by atoms with Crippen LogP contribution >= 0.6 is 11.8 Å². The van der Waals surface area contributed by atoms with Gasteiger partial charge in [-0.25, -0.2) is 0 Å². The molecule has 1 fully saturated rings. The summed E-state index contributed by atoms with van der Waals surface area (Å²) in [6.07, 6.45) is 8.99. The zero-order valence-corrected chi connectivity index (χ0v) is 16.7. The molecule has 2 aliphatic carbocycles. The molecule has 1 heterocycles. The third kappa shape index (κ3) is 4.26. The quantitative estimate of drug-likeness (QED) is 0.664. The largest absolute Gasteiger partial charge is 0.411 e. The third-order valence-corrected chi connectivity index (χ3v) is 6.04. The number of carbonyl (C=O) groups is 1. The average molecular weight is 384 g/mol. The number of thioether (sulfide) groups is 1. The van der Waals surface area contributed by atoms with E-state index in [2.05, 4.69) is 36.2 Å². The van der Waals surface area contributed by atoms with E-state index in [0.717, 1.165) is 31.2 Å². The maximum atomic E-state index is 12.8. The number of hydrogen-bond acceptors (Lipinski definition) is 5. The summed E-state index contributed by atoms with van der Waals surface area (Å²) in [5.41, 5.74) is 4.55. The van der Waals surface area contributed by atoms with Crippen LogP contribution in [0.5, 0.6) is 0 Å². The minimum atomic E-state index is 0.154. The van der Waals surface area contributed by atoms with Crippen molar-refractivity contribution in [2.24, 2.45) is 0 Å². The standard InChI is InChI=1S/C21H25N3O2S/c1-14-8-9-16(12-15(14)2)20-22-23-21(26-20)27-13-19(25)24(18-10-11-18)17-6-4-3-5-7-17/h6,8-9,12,18H,3-5,7,10-11,13H2,1-2H3. The van der Waals surface area contributed by atoms with E-state index in [9.17, 15) is 4.79 Å². The average Bonchev–Trinajstić information content (AvgIpc) is 3.39. The van der Waals surface area contributed by atoms with Crippen molar-refractivity contribution in [3.63, 3.8) is 0 Å². The van der Waals surface area contributed by atoms with E-state index in [1.165, 1.54) is 41.4 Å². The van der Waals surface area contributed by atoms with Gasteiger partial charge in [-0.1, -0.05) is 23.9 Å². The predicted octanol–water partition coefficient (Wildman–Crippen LogP) is 4.89. The second-order valence-electron chi connectivity index (χ2n) is 7.40. The molecule has 0 aliphatic heterocycles. The number of benzene rings is 1. The molecule has 0 unspecified atom stereocenters. The van der Waals surface area contributed by atoms with E-state index in [4.69, 9.17) is 4.42 Å². The molecular weight excluding hydrogens is 358 g/mol. The first-order chi connectivity index (χ1) is 13.1. The summed E-state index contributed by atoms with van der Waals surface area (Å²) in [6, 6.07) is 6.49. The molecule has 142 valence electrons. The summed E-state index contributed by atoms with van der Waals surface area (Å²) in [6.45, 7) is 4.14. The van der Waals surface area contributed by atoms with Crippen LogP contribution in [-0.2, 0) is 4.79 Å². The van der Waals surface area contributed by atoms with Gasteiger partial charge >= 0.3 is 0 Å². The molecule has 2 aliphatic rings. The third-order valence-electron chi connectivity index (χ3n) is 5.24. The lowest BCUT2D eigenvalue weighted by atomic mass is 10.0. The summed E-state index contributed by atoms with van der Waals surface area (Å²) in [4.78, 5) is 14.9. The predicted molar refractivity (Wildman–Crippen MR) is 106 cm³/mol. The molecule has 1 aromatic carbocycles. The highest BCUT2D eigenvalue weighted by molar-refractivity contribution is 7.99. The SMILES string of the molecule is Cc1ccc(-c2nnc(SCC(=O)N(C3=CCCCC3)C3CC3)o2)cc1C. The highest BCUT2D eigenvalue weighted by Gasteiger charge is 2.35. The number of aryl methyl sites for hydroxylation is 2. The molecule has 2 aromatic rings. The number of carbonyl (C=O) groups excluding carboxylic acids is 1. The molecule has 0 atom stereocenters. The molecule has 0 N–H and O–H groups in total. The molecular formula is C21H25N3O2S. The molecule has 0 spiro atoms. The van der Waals surface area contributed by atoms with Crippen molar-refractivity contribution >= 4 is 17.7 Å². The van der Waals surface area contributed by atoms with Gasteiger partial charge in [0.05, 0.1) is 5.75 Å². The summed E-state index contributed by atoms with van der Waals surface area (Å²) in [7, 11) is 0. The second kappa shape index (κ2) is 7.89. The van der Waals surface area contributed by atoms with Crippen LogP contribution in [0.2, 0.25) is 0 Å². The second-order valence-corrected chi connectivity index (χ2v) is 8.32. The Labute approximate surface area is 164 Å². The van der Waals surface area contributed by atoms with E-state index in [1.807, 2.05) is 17.0 Å². The van der Waals surface area contributed by atoms with E-state index < -0.39 is 0 Å². The molecule has 6 heteroatoms. The van der Waals surface area contributed by atoms with Crippen molar-refractivity contribution in [1.29, 1.82) is 0 Å². The molecule has 1 saturated carbocycles. The Morgan fingerprint density at radius 3 is 2.78 bits per heavy atom. The van der Waals surface area contributed by atoms with Crippen molar-refractivity contribution in [1.82, 2.24) is 15.1 Å². The number of aromatic nitrogens is 2. The number of hydrogen-bond donors (Lipinski definition) is 0. The lowest BCUT2D eigenvalue weighted by Gasteiger charge is -2.27. The normalized spacial score (nSPS) is 16.9. The Morgan fingerprint density at radius 2 is 2.07 bits per heavy atom. The van der Waals surface area contributed by atoms with Crippen LogP contribution in [0.4, 0.5) is 0 Å². The van der Waals surface area contributed by atoms with Crippen LogP contribution in [0.25, 0.3) is 11.5 Å². The Bertz CT molecular complexity index is 870. The molecule has 0 radical (unpaired) electrons. The summed E-state index contributed by atoms with van der Waals surface area (Å²) in [5.74, 6) is 0.992. The smallest absolute Gasteiger partial charge is 0.277 e. The first kappa shape index (κ1) is 18.3. The van der Waals surface area contributed by atoms with Gasteiger partial charge in [-0.05, 0) is 75.6 Å². The first-order valence-corrected chi connectivity index (χ1v) is 10.7.